The van der Waals surface area contributed by atoms with E-state index in [0.717, 1.165) is 6.66 Å². The van der Waals surface area contributed by atoms with Gasteiger partial charge in [-0.3, -0.25) is 4.57 Å². The third-order valence-corrected chi connectivity index (χ3v) is 3.25. The van der Waals surface area contributed by atoms with Gasteiger partial charge in [-0.05, 0) is 12.8 Å². The van der Waals surface area contributed by atoms with Crippen molar-refractivity contribution in [3.63, 3.8) is 0 Å². The Labute approximate surface area is 114 Å². The normalized spacial score (nSPS) is 16.1. The average molecular weight is 354 g/mol. The predicted molar refractivity (Wildman–Crippen MR) is 55.3 cm³/mol. The molecule has 2 nitrogen and oxygen atoms in total. The first-order valence-electron chi connectivity index (χ1n) is 5.46. The molecule has 0 radical (unpaired) electrons. The van der Waals surface area contributed by atoms with Crippen LogP contribution in [-0.2, 0) is 9.09 Å². The van der Waals surface area contributed by atoms with Gasteiger partial charge in [0.15, 0.2) is 13.4 Å². The highest BCUT2D eigenvalue weighted by Gasteiger charge is 2.72. The Bertz CT molecular complexity index is 344. The third kappa shape index (κ3) is 6.06. The predicted octanol–water partition coefficient (Wildman–Crippen LogP) is 4.95. The summed E-state index contributed by atoms with van der Waals surface area (Å²) in [4.78, 5) is 0. The van der Waals surface area contributed by atoms with Crippen molar-refractivity contribution >= 4 is 8.03 Å². The molecule has 12 heteroatoms. The molecule has 1 atom stereocenters. The molecule has 0 bridgehead atoms. The minimum Gasteiger partial charge on any atom is -0.331 e. The van der Waals surface area contributed by atoms with Gasteiger partial charge in [0.1, 0.15) is 0 Å². The molecule has 0 aliphatic carbocycles. The molecule has 0 fully saturated rings. The van der Waals surface area contributed by atoms with Crippen LogP contribution in [0.3, 0.4) is 0 Å². The third-order valence-electron chi connectivity index (χ3n) is 2.64. The second-order valence-corrected chi connectivity index (χ2v) is 5.59. The SMILES string of the molecule is C[PH](=O)OCCCC(CC(F)(F)F)(C(F)(F)F)C(F)(F)F. The van der Waals surface area contributed by atoms with Crippen molar-refractivity contribution in [3.8, 4) is 0 Å². The van der Waals surface area contributed by atoms with Crippen LogP contribution in [0.2, 0.25) is 0 Å². The van der Waals surface area contributed by atoms with E-state index >= 15 is 0 Å². The number of hydrogen-bond acceptors (Lipinski definition) is 2. The van der Waals surface area contributed by atoms with Crippen LogP contribution in [0.25, 0.3) is 0 Å². The van der Waals surface area contributed by atoms with E-state index in [-0.39, 0.29) is 0 Å². The van der Waals surface area contributed by atoms with E-state index in [0.29, 0.717) is 0 Å². The summed E-state index contributed by atoms with van der Waals surface area (Å²) in [6, 6.07) is 0. The van der Waals surface area contributed by atoms with Gasteiger partial charge < -0.3 is 4.52 Å². The van der Waals surface area contributed by atoms with E-state index in [2.05, 4.69) is 4.52 Å². The lowest BCUT2D eigenvalue weighted by molar-refractivity contribution is -0.366. The van der Waals surface area contributed by atoms with Gasteiger partial charge in [-0.1, -0.05) is 0 Å². The molecule has 21 heavy (non-hydrogen) atoms. The second-order valence-electron chi connectivity index (χ2n) is 4.31. The Morgan fingerprint density at radius 2 is 1.33 bits per heavy atom. The van der Waals surface area contributed by atoms with Gasteiger partial charge in [0.05, 0.1) is 13.0 Å². The molecule has 1 unspecified atom stereocenters. The molecule has 0 rings (SSSR count). The Balaban J connectivity index is 5.36. The second kappa shape index (κ2) is 6.76. The smallest absolute Gasteiger partial charge is 0.331 e. The van der Waals surface area contributed by atoms with Gasteiger partial charge >= 0.3 is 18.5 Å². The first-order chi connectivity index (χ1) is 9.12. The van der Waals surface area contributed by atoms with E-state index in [1.165, 1.54) is 0 Å². The zero-order valence-corrected chi connectivity index (χ0v) is 11.5. The molecule has 0 aromatic rings. The molecule has 0 aromatic heterocycles. The van der Waals surface area contributed by atoms with Crippen LogP contribution in [0.5, 0.6) is 0 Å². The first kappa shape index (κ1) is 20.6. The van der Waals surface area contributed by atoms with E-state index in [1.54, 1.807) is 0 Å². The summed E-state index contributed by atoms with van der Waals surface area (Å²) in [6.07, 6.45) is -23.8. The van der Waals surface area contributed by atoms with Crippen molar-refractivity contribution < 1.29 is 48.6 Å². The van der Waals surface area contributed by atoms with Crippen molar-refractivity contribution in [3.05, 3.63) is 0 Å². The van der Waals surface area contributed by atoms with Crippen LogP contribution >= 0.6 is 8.03 Å². The zero-order valence-electron chi connectivity index (χ0n) is 10.5. The van der Waals surface area contributed by atoms with Crippen molar-refractivity contribution in [2.45, 2.75) is 37.8 Å². The molecule has 0 spiro atoms. The average Bonchev–Trinajstić information content (AvgIpc) is 2.16. The number of hydrogen-bond donors (Lipinski definition) is 0. The topological polar surface area (TPSA) is 26.3 Å². The molecule has 0 aliphatic rings. The Morgan fingerprint density at radius 3 is 1.62 bits per heavy atom. The minimum atomic E-state index is -6.13. The van der Waals surface area contributed by atoms with E-state index in [9.17, 15) is 44.1 Å². The Morgan fingerprint density at radius 1 is 0.905 bits per heavy atom. The molecular formula is C9H12F9O2P. The summed E-state index contributed by atoms with van der Waals surface area (Å²) in [5.41, 5.74) is -4.90. The summed E-state index contributed by atoms with van der Waals surface area (Å²) in [5.74, 6) is 0. The molecule has 0 aromatic carbocycles. The van der Waals surface area contributed by atoms with Crippen LogP contribution in [0.1, 0.15) is 19.3 Å². The fraction of sp³-hybridized carbons (Fsp3) is 1.00. The van der Waals surface area contributed by atoms with Gasteiger partial charge in [0.2, 0.25) is 0 Å². The lowest BCUT2D eigenvalue weighted by atomic mass is 9.78. The van der Waals surface area contributed by atoms with Gasteiger partial charge in [-0.2, -0.15) is 39.5 Å². The number of halogens is 9. The monoisotopic (exact) mass is 354 g/mol. The van der Waals surface area contributed by atoms with Crippen molar-refractivity contribution in [2.24, 2.45) is 5.41 Å². The summed E-state index contributed by atoms with van der Waals surface area (Å²) < 4.78 is 127. The molecule has 0 saturated carbocycles. The number of alkyl halides is 9. The van der Waals surface area contributed by atoms with Crippen LogP contribution < -0.4 is 0 Å². The van der Waals surface area contributed by atoms with Gasteiger partial charge in [0, 0.05) is 6.66 Å². The highest BCUT2D eigenvalue weighted by molar-refractivity contribution is 7.38. The zero-order chi connectivity index (χ0) is 17.1. The van der Waals surface area contributed by atoms with E-state index < -0.39 is 57.8 Å². The molecule has 0 aliphatic heterocycles. The molecule has 128 valence electrons. The van der Waals surface area contributed by atoms with Crippen molar-refractivity contribution in [2.75, 3.05) is 13.3 Å². The molecule has 0 saturated heterocycles. The van der Waals surface area contributed by atoms with Gasteiger partial charge in [-0.15, -0.1) is 0 Å². The maximum absolute atomic E-state index is 12.7. The standard InChI is InChI=1S/C9H12F9O2P/c1-21(19)20-4-2-3-6(8(13,14)15,9(16,17)18)5-7(10,11)12/h21H,2-5H2,1H3. The highest BCUT2D eigenvalue weighted by atomic mass is 31.1. The Kier molecular flexibility index (Phi) is 6.62. The molecule has 0 N–H and O–H groups in total. The summed E-state index contributed by atoms with van der Waals surface area (Å²) in [7, 11) is -2.59. The van der Waals surface area contributed by atoms with E-state index in [4.69, 9.17) is 0 Å². The van der Waals surface area contributed by atoms with Gasteiger partial charge in [0.25, 0.3) is 0 Å². The van der Waals surface area contributed by atoms with Crippen LogP contribution in [0.4, 0.5) is 39.5 Å². The maximum atomic E-state index is 12.7. The fourth-order valence-corrected chi connectivity index (χ4v) is 2.10. The number of rotatable bonds is 6. The fourth-order valence-electron chi connectivity index (χ4n) is 1.67. The highest BCUT2D eigenvalue weighted by Crippen LogP contribution is 2.58. The molecular weight excluding hydrogens is 342 g/mol. The van der Waals surface area contributed by atoms with E-state index in [1.807, 2.05) is 0 Å². The summed E-state index contributed by atoms with van der Waals surface area (Å²) in [5, 5.41) is 0. The molecule has 0 heterocycles. The first-order valence-corrected chi connectivity index (χ1v) is 7.27. The quantitative estimate of drug-likeness (QED) is 0.383. The molecule has 0 amide bonds. The van der Waals surface area contributed by atoms with Crippen molar-refractivity contribution in [1.82, 2.24) is 0 Å². The maximum Gasteiger partial charge on any atom is 0.403 e. The lowest BCUT2D eigenvalue weighted by Crippen LogP contribution is -2.52. The summed E-state index contributed by atoms with van der Waals surface area (Å²) in [6.45, 7) is 0.293. The lowest BCUT2D eigenvalue weighted by Gasteiger charge is -2.37. The van der Waals surface area contributed by atoms with Crippen molar-refractivity contribution in [1.29, 1.82) is 0 Å². The van der Waals surface area contributed by atoms with Gasteiger partial charge in [-0.25, -0.2) is 0 Å². The van der Waals surface area contributed by atoms with Crippen LogP contribution in [-0.4, -0.2) is 31.8 Å². The minimum absolute atomic E-state index is 0.750. The largest absolute Gasteiger partial charge is 0.403 e. The van der Waals surface area contributed by atoms with Crippen LogP contribution in [0, 0.1) is 5.41 Å². The Hall–Kier alpha value is -0.440. The van der Waals surface area contributed by atoms with Crippen LogP contribution in [0.15, 0.2) is 0 Å². The summed E-state index contributed by atoms with van der Waals surface area (Å²) >= 11 is 0.